The average Bonchev–Trinajstić information content (AvgIpc) is 3.45. The number of ketones is 1. The fourth-order valence-corrected chi connectivity index (χ4v) is 4.48. The monoisotopic (exact) mass is 425 g/mol. The van der Waals surface area contributed by atoms with Gasteiger partial charge < -0.3 is 9.63 Å². The molecular formula is C22H19NO6S. The molecule has 30 heavy (non-hydrogen) atoms. The predicted molar refractivity (Wildman–Crippen MR) is 108 cm³/mol. The Bertz CT molecular complexity index is 1250. The maximum absolute atomic E-state index is 13.4. The van der Waals surface area contributed by atoms with E-state index in [-0.39, 0.29) is 22.8 Å². The number of rotatable bonds is 7. The number of hydrogen-bond donors (Lipinski definition) is 1. The van der Waals surface area contributed by atoms with Gasteiger partial charge >= 0.3 is 5.97 Å². The second kappa shape index (κ2) is 7.53. The quantitative estimate of drug-likeness (QED) is 0.576. The van der Waals surface area contributed by atoms with Crippen LogP contribution in [0.15, 0.2) is 57.9 Å². The van der Waals surface area contributed by atoms with Crippen LogP contribution in [0.5, 0.6) is 0 Å². The Labute approximate surface area is 173 Å². The lowest BCUT2D eigenvalue weighted by atomic mass is 9.92. The number of nitrogens with zero attached hydrogens (tertiary/aromatic N) is 1. The van der Waals surface area contributed by atoms with Crippen molar-refractivity contribution in [1.82, 2.24) is 5.16 Å². The number of sulfone groups is 1. The molecule has 0 bridgehead atoms. The summed E-state index contributed by atoms with van der Waals surface area (Å²) in [6.45, 7) is 0. The van der Waals surface area contributed by atoms with Gasteiger partial charge in [-0.25, -0.2) is 13.2 Å². The zero-order valence-electron chi connectivity index (χ0n) is 16.2. The second-order valence-corrected chi connectivity index (χ2v) is 9.38. The van der Waals surface area contributed by atoms with Gasteiger partial charge in [0.05, 0.1) is 4.90 Å². The topological polar surface area (TPSA) is 115 Å². The minimum atomic E-state index is -3.45. The largest absolute Gasteiger partial charge is 0.476 e. The van der Waals surface area contributed by atoms with Crippen LogP contribution in [-0.2, 0) is 16.3 Å². The third-order valence-electron chi connectivity index (χ3n) is 5.11. The normalized spacial score (nSPS) is 13.9. The molecule has 1 aromatic heterocycles. The van der Waals surface area contributed by atoms with E-state index < -0.39 is 27.3 Å². The molecular weight excluding hydrogens is 406 g/mol. The van der Waals surface area contributed by atoms with Crippen molar-refractivity contribution < 1.29 is 27.6 Å². The fourth-order valence-electron chi connectivity index (χ4n) is 3.54. The molecule has 154 valence electrons. The number of hydrogen-bond acceptors (Lipinski definition) is 6. The van der Waals surface area contributed by atoms with Crippen molar-refractivity contribution in [1.29, 1.82) is 0 Å². The van der Waals surface area contributed by atoms with Crippen molar-refractivity contribution >= 4 is 21.6 Å². The van der Waals surface area contributed by atoms with E-state index in [1.165, 1.54) is 6.07 Å². The first kappa shape index (κ1) is 20.0. The minimum Gasteiger partial charge on any atom is -0.476 e. The molecule has 1 heterocycles. The maximum Gasteiger partial charge on any atom is 0.358 e. The smallest absolute Gasteiger partial charge is 0.358 e. The van der Waals surface area contributed by atoms with E-state index >= 15 is 0 Å². The van der Waals surface area contributed by atoms with E-state index in [0.29, 0.717) is 22.5 Å². The summed E-state index contributed by atoms with van der Waals surface area (Å²) >= 11 is 0. The van der Waals surface area contributed by atoms with Crippen LogP contribution in [-0.4, -0.2) is 36.7 Å². The van der Waals surface area contributed by atoms with Gasteiger partial charge in [-0.3, -0.25) is 4.79 Å². The van der Waals surface area contributed by atoms with E-state index in [4.69, 9.17) is 4.52 Å². The summed E-state index contributed by atoms with van der Waals surface area (Å²) < 4.78 is 29.5. The highest BCUT2D eigenvalue weighted by molar-refractivity contribution is 7.90. The summed E-state index contributed by atoms with van der Waals surface area (Å²) in [5, 5.41) is 13.1. The van der Waals surface area contributed by atoms with E-state index in [1.54, 1.807) is 42.5 Å². The summed E-state index contributed by atoms with van der Waals surface area (Å²) in [5.74, 6) is -1.50. The van der Waals surface area contributed by atoms with Crippen LogP contribution in [0, 0.1) is 0 Å². The maximum atomic E-state index is 13.4. The SMILES string of the molecule is CS(=O)(=O)c1ccccc1Cc1ccccc1C(=O)c1c(C(=O)O)noc1C1CC1. The lowest BCUT2D eigenvalue weighted by Crippen LogP contribution is -2.13. The number of aromatic carboxylic acids is 1. The Morgan fingerprint density at radius 3 is 2.33 bits per heavy atom. The Balaban J connectivity index is 1.79. The van der Waals surface area contributed by atoms with Gasteiger partial charge in [0.15, 0.2) is 21.4 Å². The molecule has 0 spiro atoms. The molecule has 1 fully saturated rings. The second-order valence-electron chi connectivity index (χ2n) is 7.39. The lowest BCUT2D eigenvalue weighted by Gasteiger charge is -2.12. The van der Waals surface area contributed by atoms with E-state index in [0.717, 1.165) is 19.1 Å². The molecule has 7 nitrogen and oxygen atoms in total. The molecule has 0 saturated heterocycles. The molecule has 1 N–H and O–H groups in total. The molecule has 3 aromatic rings. The van der Waals surface area contributed by atoms with E-state index in [1.807, 2.05) is 0 Å². The summed E-state index contributed by atoms with van der Waals surface area (Å²) in [5.41, 5.74) is 1.04. The predicted octanol–water partition coefficient (Wildman–Crippen LogP) is 3.48. The van der Waals surface area contributed by atoms with E-state index in [9.17, 15) is 23.1 Å². The highest BCUT2D eigenvalue weighted by atomic mass is 32.2. The Morgan fingerprint density at radius 1 is 1.07 bits per heavy atom. The van der Waals surface area contributed by atoms with Crippen molar-refractivity contribution in [3.8, 4) is 0 Å². The molecule has 1 aliphatic rings. The number of carbonyl (C=O) groups excluding carboxylic acids is 1. The van der Waals surface area contributed by atoms with Crippen LogP contribution in [0.2, 0.25) is 0 Å². The molecule has 0 unspecified atom stereocenters. The fraction of sp³-hybridized carbons (Fsp3) is 0.227. The third kappa shape index (κ3) is 3.78. The zero-order chi connectivity index (χ0) is 21.5. The van der Waals surface area contributed by atoms with Crippen molar-refractivity contribution in [2.24, 2.45) is 0 Å². The van der Waals surface area contributed by atoms with Gasteiger partial charge in [0, 0.05) is 17.7 Å². The van der Waals surface area contributed by atoms with Gasteiger partial charge in [0.2, 0.25) is 5.69 Å². The van der Waals surface area contributed by atoms with Gasteiger partial charge in [-0.15, -0.1) is 0 Å². The Hall–Kier alpha value is -3.26. The first-order chi connectivity index (χ1) is 14.3. The highest BCUT2D eigenvalue weighted by Crippen LogP contribution is 2.43. The molecule has 4 rings (SSSR count). The molecule has 1 saturated carbocycles. The van der Waals surface area contributed by atoms with Crippen LogP contribution < -0.4 is 0 Å². The summed E-state index contributed by atoms with van der Waals surface area (Å²) in [4.78, 5) is 25.2. The van der Waals surface area contributed by atoms with Crippen LogP contribution >= 0.6 is 0 Å². The van der Waals surface area contributed by atoms with Gasteiger partial charge in [-0.2, -0.15) is 0 Å². The van der Waals surface area contributed by atoms with Gasteiger partial charge in [0.25, 0.3) is 0 Å². The van der Waals surface area contributed by atoms with Crippen LogP contribution in [0.3, 0.4) is 0 Å². The summed E-state index contributed by atoms with van der Waals surface area (Å²) in [7, 11) is -3.45. The number of carbonyl (C=O) groups is 2. The van der Waals surface area contributed by atoms with E-state index in [2.05, 4.69) is 5.16 Å². The van der Waals surface area contributed by atoms with Crippen LogP contribution in [0.4, 0.5) is 0 Å². The molecule has 0 radical (unpaired) electrons. The third-order valence-corrected chi connectivity index (χ3v) is 6.31. The summed E-state index contributed by atoms with van der Waals surface area (Å²) in [6.07, 6.45) is 2.98. The number of aromatic nitrogens is 1. The van der Waals surface area contributed by atoms with Gasteiger partial charge in [-0.05, 0) is 36.5 Å². The van der Waals surface area contributed by atoms with Gasteiger partial charge in [0.1, 0.15) is 5.56 Å². The number of carboxylic acids is 1. The molecule has 0 aliphatic heterocycles. The van der Waals surface area contributed by atoms with Crippen molar-refractivity contribution in [2.45, 2.75) is 30.1 Å². The average molecular weight is 425 g/mol. The standard InChI is InChI=1S/C22H19NO6S/c1-30(27,28)17-9-5-3-7-15(17)12-14-6-2-4-8-16(14)20(24)18-19(22(25)26)23-29-21(18)13-10-11-13/h2-9,13H,10-12H2,1H3,(H,25,26). The molecule has 8 heteroatoms. The summed E-state index contributed by atoms with van der Waals surface area (Å²) in [6, 6.07) is 13.4. The number of benzene rings is 2. The van der Waals surface area contributed by atoms with Crippen LogP contribution in [0.25, 0.3) is 0 Å². The van der Waals surface area contributed by atoms with Crippen molar-refractivity contribution in [2.75, 3.05) is 6.26 Å². The first-order valence-corrected chi connectivity index (χ1v) is 11.3. The first-order valence-electron chi connectivity index (χ1n) is 9.40. The number of carboxylic acid groups (broad SMARTS) is 1. The Kier molecular flexibility index (Phi) is 5.03. The zero-order valence-corrected chi connectivity index (χ0v) is 17.0. The lowest BCUT2D eigenvalue weighted by molar-refractivity contribution is 0.0682. The molecule has 0 amide bonds. The molecule has 0 atom stereocenters. The molecule has 1 aliphatic carbocycles. The highest BCUT2D eigenvalue weighted by Gasteiger charge is 2.37. The minimum absolute atomic E-state index is 0.00247. The Morgan fingerprint density at radius 2 is 1.70 bits per heavy atom. The van der Waals surface area contributed by atoms with Crippen molar-refractivity contribution in [3.05, 3.63) is 82.2 Å². The molecule has 2 aromatic carbocycles. The van der Waals surface area contributed by atoms with Gasteiger partial charge in [-0.1, -0.05) is 47.6 Å². The van der Waals surface area contributed by atoms with Crippen LogP contribution in [0.1, 0.15) is 62.1 Å². The van der Waals surface area contributed by atoms with Crippen molar-refractivity contribution in [3.63, 3.8) is 0 Å².